The Morgan fingerprint density at radius 2 is 2.17 bits per heavy atom. The summed E-state index contributed by atoms with van der Waals surface area (Å²) in [6.07, 6.45) is 2.14. The van der Waals surface area contributed by atoms with Gasteiger partial charge in [0.25, 0.3) is 5.91 Å². The Morgan fingerprint density at radius 1 is 1.44 bits per heavy atom. The second-order valence-corrected chi connectivity index (χ2v) is 4.90. The highest BCUT2D eigenvalue weighted by molar-refractivity contribution is 5.99. The molecular weight excluding hydrogens is 232 g/mol. The molecule has 1 amide bonds. The fraction of sp³-hybridized carbons (Fsp3) is 0.385. The van der Waals surface area contributed by atoms with E-state index in [0.717, 1.165) is 18.4 Å². The number of aliphatic carboxylic acids is 1. The number of hydrogen-bond donors (Lipinski definition) is 2. The summed E-state index contributed by atoms with van der Waals surface area (Å²) < 4.78 is 0. The van der Waals surface area contributed by atoms with Crippen LogP contribution in [0.5, 0.6) is 0 Å². The molecule has 0 bridgehead atoms. The number of fused-ring (bicyclic) bond motifs is 1. The van der Waals surface area contributed by atoms with Crippen LogP contribution in [-0.2, 0) is 11.3 Å². The van der Waals surface area contributed by atoms with Crippen LogP contribution in [-0.4, -0.2) is 27.9 Å². The van der Waals surface area contributed by atoms with Crippen molar-refractivity contribution in [3.05, 3.63) is 34.9 Å². The number of rotatable bonds is 3. The summed E-state index contributed by atoms with van der Waals surface area (Å²) in [6, 6.07) is 4.44. The van der Waals surface area contributed by atoms with Crippen LogP contribution in [0.2, 0.25) is 0 Å². The van der Waals surface area contributed by atoms with E-state index < -0.39 is 12.0 Å². The SMILES string of the molecule is NC(C(=O)O)c1ccc2c(c1)C(=O)N(C1CC1)C2. The van der Waals surface area contributed by atoms with Crippen molar-refractivity contribution in [3.63, 3.8) is 0 Å². The number of amides is 1. The molecule has 5 nitrogen and oxygen atoms in total. The zero-order chi connectivity index (χ0) is 12.9. The number of nitrogens with two attached hydrogens (primary N) is 1. The van der Waals surface area contributed by atoms with Gasteiger partial charge in [0.1, 0.15) is 6.04 Å². The van der Waals surface area contributed by atoms with E-state index in [0.29, 0.717) is 23.7 Å². The summed E-state index contributed by atoms with van der Waals surface area (Å²) in [4.78, 5) is 24.9. The van der Waals surface area contributed by atoms with E-state index in [1.54, 1.807) is 12.1 Å². The number of hydrogen-bond acceptors (Lipinski definition) is 3. The van der Waals surface area contributed by atoms with Gasteiger partial charge in [0.05, 0.1) is 0 Å². The Morgan fingerprint density at radius 3 is 2.78 bits per heavy atom. The lowest BCUT2D eigenvalue weighted by Gasteiger charge is -2.13. The summed E-state index contributed by atoms with van der Waals surface area (Å²) in [5.41, 5.74) is 7.61. The molecule has 94 valence electrons. The number of nitrogens with zero attached hydrogens (tertiary/aromatic N) is 1. The topological polar surface area (TPSA) is 83.6 Å². The molecule has 1 aliphatic carbocycles. The second-order valence-electron chi connectivity index (χ2n) is 4.90. The van der Waals surface area contributed by atoms with Gasteiger partial charge in [0, 0.05) is 18.2 Å². The zero-order valence-electron chi connectivity index (χ0n) is 9.80. The van der Waals surface area contributed by atoms with Crippen molar-refractivity contribution in [2.24, 2.45) is 5.73 Å². The molecule has 0 aromatic heterocycles. The maximum atomic E-state index is 12.2. The smallest absolute Gasteiger partial charge is 0.325 e. The van der Waals surface area contributed by atoms with E-state index in [1.165, 1.54) is 0 Å². The number of benzene rings is 1. The van der Waals surface area contributed by atoms with Gasteiger partial charge in [0.15, 0.2) is 0 Å². The van der Waals surface area contributed by atoms with E-state index in [2.05, 4.69) is 0 Å². The van der Waals surface area contributed by atoms with Gasteiger partial charge < -0.3 is 15.7 Å². The average Bonchev–Trinajstić information content (AvgIpc) is 3.14. The molecule has 1 heterocycles. The molecule has 1 saturated carbocycles. The lowest BCUT2D eigenvalue weighted by atomic mass is 10.0. The molecule has 1 unspecified atom stereocenters. The van der Waals surface area contributed by atoms with Crippen molar-refractivity contribution < 1.29 is 14.7 Å². The number of carbonyl (C=O) groups is 2. The van der Waals surface area contributed by atoms with Crippen LogP contribution < -0.4 is 5.73 Å². The van der Waals surface area contributed by atoms with E-state index in [9.17, 15) is 9.59 Å². The Balaban J connectivity index is 1.93. The van der Waals surface area contributed by atoms with Crippen molar-refractivity contribution in [2.45, 2.75) is 31.5 Å². The quantitative estimate of drug-likeness (QED) is 0.829. The molecule has 3 rings (SSSR count). The van der Waals surface area contributed by atoms with E-state index in [1.807, 2.05) is 11.0 Å². The third-order valence-electron chi connectivity index (χ3n) is 3.58. The molecular formula is C13H14N2O3. The molecule has 5 heteroatoms. The lowest BCUT2D eigenvalue weighted by Crippen LogP contribution is -2.26. The van der Waals surface area contributed by atoms with Gasteiger partial charge in [-0.15, -0.1) is 0 Å². The van der Waals surface area contributed by atoms with Gasteiger partial charge in [-0.2, -0.15) is 0 Å². The van der Waals surface area contributed by atoms with Gasteiger partial charge in [-0.3, -0.25) is 9.59 Å². The maximum absolute atomic E-state index is 12.2. The summed E-state index contributed by atoms with van der Waals surface area (Å²) in [7, 11) is 0. The Bertz CT molecular complexity index is 537. The molecule has 0 saturated heterocycles. The molecule has 1 aliphatic heterocycles. The summed E-state index contributed by atoms with van der Waals surface area (Å²) in [5.74, 6) is -1.08. The fourth-order valence-corrected chi connectivity index (χ4v) is 2.36. The average molecular weight is 246 g/mol. The monoisotopic (exact) mass is 246 g/mol. The molecule has 1 fully saturated rings. The van der Waals surface area contributed by atoms with Crippen molar-refractivity contribution in [3.8, 4) is 0 Å². The van der Waals surface area contributed by atoms with Gasteiger partial charge in [-0.1, -0.05) is 12.1 Å². The van der Waals surface area contributed by atoms with Crippen molar-refractivity contribution in [1.82, 2.24) is 4.90 Å². The van der Waals surface area contributed by atoms with Gasteiger partial charge in [-0.25, -0.2) is 0 Å². The summed E-state index contributed by atoms with van der Waals surface area (Å²) in [6.45, 7) is 0.640. The van der Waals surface area contributed by atoms with Gasteiger partial charge >= 0.3 is 5.97 Å². The third kappa shape index (κ3) is 1.67. The number of carbonyl (C=O) groups excluding carboxylic acids is 1. The first-order valence-electron chi connectivity index (χ1n) is 6.00. The highest BCUT2D eigenvalue weighted by atomic mass is 16.4. The zero-order valence-corrected chi connectivity index (χ0v) is 9.80. The first-order chi connectivity index (χ1) is 8.58. The molecule has 0 radical (unpaired) electrons. The minimum absolute atomic E-state index is 0.00642. The van der Waals surface area contributed by atoms with E-state index in [4.69, 9.17) is 10.8 Å². The Labute approximate surface area is 104 Å². The van der Waals surface area contributed by atoms with E-state index >= 15 is 0 Å². The van der Waals surface area contributed by atoms with Crippen LogP contribution in [0.15, 0.2) is 18.2 Å². The number of carboxylic acids is 1. The highest BCUT2D eigenvalue weighted by Gasteiger charge is 2.38. The molecule has 2 aliphatic rings. The van der Waals surface area contributed by atoms with Crippen LogP contribution in [0.1, 0.15) is 40.4 Å². The molecule has 1 aromatic rings. The van der Waals surface area contributed by atoms with Gasteiger partial charge in [-0.05, 0) is 30.0 Å². The molecule has 1 atom stereocenters. The first kappa shape index (κ1) is 11.2. The summed E-state index contributed by atoms with van der Waals surface area (Å²) in [5, 5.41) is 8.88. The van der Waals surface area contributed by atoms with Crippen molar-refractivity contribution >= 4 is 11.9 Å². The molecule has 1 aromatic carbocycles. The first-order valence-corrected chi connectivity index (χ1v) is 6.00. The highest BCUT2D eigenvalue weighted by Crippen LogP contribution is 2.35. The minimum atomic E-state index is -1.08. The second kappa shape index (κ2) is 3.81. The van der Waals surface area contributed by atoms with Crippen molar-refractivity contribution in [1.29, 1.82) is 0 Å². The maximum Gasteiger partial charge on any atom is 0.325 e. The Kier molecular flexibility index (Phi) is 2.38. The predicted octanol–water partition coefficient (Wildman–Crippen LogP) is 0.889. The summed E-state index contributed by atoms with van der Waals surface area (Å²) >= 11 is 0. The molecule has 18 heavy (non-hydrogen) atoms. The van der Waals surface area contributed by atoms with Crippen LogP contribution >= 0.6 is 0 Å². The van der Waals surface area contributed by atoms with Crippen LogP contribution in [0.4, 0.5) is 0 Å². The Hall–Kier alpha value is -1.88. The van der Waals surface area contributed by atoms with Crippen LogP contribution in [0.25, 0.3) is 0 Å². The third-order valence-corrected chi connectivity index (χ3v) is 3.58. The standard InChI is InChI=1S/C13H14N2O3/c14-11(13(17)18)7-1-2-8-6-15(9-3-4-9)12(16)10(8)5-7/h1-2,5,9,11H,3-4,6,14H2,(H,17,18). The van der Waals surface area contributed by atoms with Crippen LogP contribution in [0.3, 0.4) is 0 Å². The predicted molar refractivity (Wildman–Crippen MR) is 63.9 cm³/mol. The lowest BCUT2D eigenvalue weighted by molar-refractivity contribution is -0.138. The molecule has 3 N–H and O–H groups in total. The number of carboxylic acid groups (broad SMARTS) is 1. The normalized spacial score (nSPS) is 19.8. The minimum Gasteiger partial charge on any atom is -0.480 e. The fourth-order valence-electron chi connectivity index (χ4n) is 2.36. The van der Waals surface area contributed by atoms with Crippen molar-refractivity contribution in [2.75, 3.05) is 0 Å². The van der Waals surface area contributed by atoms with Gasteiger partial charge in [0.2, 0.25) is 0 Å². The molecule has 0 spiro atoms. The largest absolute Gasteiger partial charge is 0.480 e. The van der Waals surface area contributed by atoms with Crippen LogP contribution in [0, 0.1) is 0 Å². The van der Waals surface area contributed by atoms with E-state index in [-0.39, 0.29) is 5.91 Å².